The minimum atomic E-state index is -0.955. The molecule has 0 unspecified atom stereocenters. The molecule has 0 spiro atoms. The van der Waals surface area contributed by atoms with Crippen LogP contribution in [-0.2, 0) is 4.74 Å². The predicted octanol–water partition coefficient (Wildman–Crippen LogP) is 0.397. The Labute approximate surface area is 120 Å². The molecule has 9 heteroatoms. The topological polar surface area (TPSA) is 119 Å². The molecule has 0 aliphatic heterocycles. The minimum Gasteiger partial charge on any atom is -0.395 e. The number of nitrogens with zero attached hydrogens (tertiary/aromatic N) is 2. The van der Waals surface area contributed by atoms with Crippen LogP contribution in [0.2, 0.25) is 0 Å². The molecule has 21 heavy (non-hydrogen) atoms. The molecule has 8 nitrogen and oxygen atoms in total. The van der Waals surface area contributed by atoms with Crippen LogP contribution in [0.4, 0.5) is 15.8 Å². The van der Waals surface area contributed by atoms with Gasteiger partial charge in [0.2, 0.25) is 0 Å². The van der Waals surface area contributed by atoms with Gasteiger partial charge in [-0.2, -0.15) is 0 Å². The fraction of sp³-hybridized carbons (Fsp3) is 0.417. The van der Waals surface area contributed by atoms with Gasteiger partial charge >= 0.3 is 0 Å². The van der Waals surface area contributed by atoms with Crippen molar-refractivity contribution in [2.45, 2.75) is 0 Å². The van der Waals surface area contributed by atoms with Gasteiger partial charge in [0.1, 0.15) is 17.1 Å². The number of hydrogen-bond donors (Lipinski definition) is 2. The number of nitrogen functional groups attached to an aromatic ring is 1. The smallest absolute Gasteiger partial charge is 0.293 e. The van der Waals surface area contributed by atoms with Gasteiger partial charge in [-0.05, 0) is 6.07 Å². The van der Waals surface area contributed by atoms with Crippen LogP contribution in [-0.4, -0.2) is 54.3 Å². The lowest BCUT2D eigenvalue weighted by molar-refractivity contribution is -0.384. The molecule has 1 amide bonds. The number of benzene rings is 1. The summed E-state index contributed by atoms with van der Waals surface area (Å²) in [5, 5.41) is 19.7. The first-order valence-corrected chi connectivity index (χ1v) is 6.05. The van der Waals surface area contributed by atoms with E-state index in [1.54, 1.807) is 0 Å². The Kier molecular flexibility index (Phi) is 6.00. The first kappa shape index (κ1) is 16.8. The van der Waals surface area contributed by atoms with Crippen molar-refractivity contribution < 1.29 is 24.0 Å². The Balaban J connectivity index is 3.20. The maximum absolute atomic E-state index is 13.8. The van der Waals surface area contributed by atoms with Gasteiger partial charge in [-0.3, -0.25) is 14.9 Å². The average molecular weight is 301 g/mol. The standard InChI is InChI=1S/C12H16FN3O5/c1-21-7-5-15(4-6-17)12(18)10-8(13)2-3-9(11(10)14)16(19)20/h2-3,17H,4-7,14H2,1H3. The Bertz CT molecular complexity index is 538. The zero-order valence-electron chi connectivity index (χ0n) is 11.4. The molecule has 0 saturated heterocycles. The van der Waals surface area contributed by atoms with E-state index in [1.807, 2.05) is 0 Å². The highest BCUT2D eigenvalue weighted by atomic mass is 19.1. The highest BCUT2D eigenvalue weighted by Crippen LogP contribution is 2.28. The van der Waals surface area contributed by atoms with Gasteiger partial charge in [0.05, 0.1) is 18.1 Å². The number of methoxy groups -OCH3 is 1. The summed E-state index contributed by atoms with van der Waals surface area (Å²) in [7, 11) is 1.42. The maximum Gasteiger partial charge on any atom is 0.293 e. The van der Waals surface area contributed by atoms with E-state index in [-0.39, 0.29) is 26.3 Å². The Morgan fingerprint density at radius 1 is 1.52 bits per heavy atom. The maximum atomic E-state index is 13.8. The van der Waals surface area contributed by atoms with Gasteiger partial charge in [0.15, 0.2) is 0 Å². The number of rotatable bonds is 7. The molecular weight excluding hydrogens is 285 g/mol. The average Bonchev–Trinajstić information content (AvgIpc) is 2.42. The van der Waals surface area contributed by atoms with E-state index in [0.717, 1.165) is 17.0 Å². The summed E-state index contributed by atoms with van der Waals surface area (Å²) in [5.74, 6) is -1.79. The van der Waals surface area contributed by atoms with Crippen molar-refractivity contribution in [1.82, 2.24) is 4.90 Å². The summed E-state index contributed by atoms with van der Waals surface area (Å²) in [6, 6.07) is 1.71. The first-order valence-electron chi connectivity index (χ1n) is 6.05. The van der Waals surface area contributed by atoms with E-state index in [9.17, 15) is 19.3 Å². The number of halogens is 1. The molecule has 0 aromatic heterocycles. The van der Waals surface area contributed by atoms with E-state index < -0.39 is 33.6 Å². The Hall–Kier alpha value is -2.26. The number of nitro groups is 1. The molecule has 0 fully saturated rings. The number of amides is 1. The van der Waals surface area contributed by atoms with Crippen LogP contribution in [0.1, 0.15) is 10.4 Å². The molecule has 0 radical (unpaired) electrons. The van der Waals surface area contributed by atoms with Gasteiger partial charge < -0.3 is 20.5 Å². The first-order chi connectivity index (χ1) is 9.93. The molecule has 0 atom stereocenters. The molecule has 0 bridgehead atoms. The number of carbonyl (C=O) groups excluding carboxylic acids is 1. The van der Waals surface area contributed by atoms with Crippen molar-refractivity contribution in [2.24, 2.45) is 0 Å². The number of nitrogens with two attached hydrogens (primary N) is 1. The highest BCUT2D eigenvalue weighted by molar-refractivity contribution is 6.01. The quantitative estimate of drug-likeness (QED) is 0.427. The number of carbonyl (C=O) groups is 1. The van der Waals surface area contributed by atoms with Gasteiger partial charge in [-0.25, -0.2) is 4.39 Å². The number of ether oxygens (including phenoxy) is 1. The molecule has 1 aromatic rings. The largest absolute Gasteiger partial charge is 0.395 e. The van der Waals surface area contributed by atoms with Crippen molar-refractivity contribution in [3.8, 4) is 0 Å². The summed E-state index contributed by atoms with van der Waals surface area (Å²) in [4.78, 5) is 23.4. The predicted molar refractivity (Wildman–Crippen MR) is 72.3 cm³/mol. The number of aliphatic hydroxyl groups excluding tert-OH is 1. The summed E-state index contributed by atoms with van der Waals surface area (Å²) in [6.07, 6.45) is 0. The van der Waals surface area contributed by atoms with E-state index in [0.29, 0.717) is 0 Å². The summed E-state index contributed by atoms with van der Waals surface area (Å²) < 4.78 is 18.6. The van der Waals surface area contributed by atoms with Crippen LogP contribution in [0.25, 0.3) is 0 Å². The number of nitro benzene ring substituents is 1. The number of aliphatic hydroxyl groups is 1. The van der Waals surface area contributed by atoms with Crippen LogP contribution < -0.4 is 5.73 Å². The van der Waals surface area contributed by atoms with Crippen molar-refractivity contribution in [3.63, 3.8) is 0 Å². The van der Waals surface area contributed by atoms with E-state index >= 15 is 0 Å². The molecular formula is C12H16FN3O5. The Morgan fingerprint density at radius 3 is 2.71 bits per heavy atom. The van der Waals surface area contributed by atoms with Crippen molar-refractivity contribution in [1.29, 1.82) is 0 Å². The molecule has 116 valence electrons. The van der Waals surface area contributed by atoms with Crippen LogP contribution in [0.5, 0.6) is 0 Å². The zero-order chi connectivity index (χ0) is 16.0. The van der Waals surface area contributed by atoms with Crippen LogP contribution in [0, 0.1) is 15.9 Å². The molecule has 0 heterocycles. The van der Waals surface area contributed by atoms with Gasteiger partial charge in [-0.1, -0.05) is 0 Å². The van der Waals surface area contributed by atoms with Crippen LogP contribution >= 0.6 is 0 Å². The van der Waals surface area contributed by atoms with Crippen LogP contribution in [0.15, 0.2) is 12.1 Å². The molecule has 1 aromatic carbocycles. The lowest BCUT2D eigenvalue weighted by atomic mass is 10.1. The second-order valence-corrected chi connectivity index (χ2v) is 4.12. The number of hydrogen-bond acceptors (Lipinski definition) is 6. The third-order valence-corrected chi connectivity index (χ3v) is 2.80. The fourth-order valence-corrected chi connectivity index (χ4v) is 1.75. The van der Waals surface area contributed by atoms with Crippen molar-refractivity contribution in [3.05, 3.63) is 33.6 Å². The van der Waals surface area contributed by atoms with E-state index in [1.165, 1.54) is 7.11 Å². The van der Waals surface area contributed by atoms with Crippen LogP contribution in [0.3, 0.4) is 0 Å². The second-order valence-electron chi connectivity index (χ2n) is 4.12. The monoisotopic (exact) mass is 301 g/mol. The lowest BCUT2D eigenvalue weighted by Crippen LogP contribution is -2.37. The number of anilines is 1. The molecule has 0 aliphatic rings. The highest BCUT2D eigenvalue weighted by Gasteiger charge is 2.27. The minimum absolute atomic E-state index is 0.0657. The molecule has 0 saturated carbocycles. The lowest BCUT2D eigenvalue weighted by Gasteiger charge is -2.22. The third kappa shape index (κ3) is 3.86. The van der Waals surface area contributed by atoms with Gasteiger partial charge in [-0.15, -0.1) is 0 Å². The van der Waals surface area contributed by atoms with E-state index in [2.05, 4.69) is 0 Å². The Morgan fingerprint density at radius 2 is 2.19 bits per heavy atom. The summed E-state index contributed by atoms with van der Waals surface area (Å²) in [5.41, 5.74) is 3.87. The second kappa shape index (κ2) is 7.50. The van der Waals surface area contributed by atoms with Crippen molar-refractivity contribution in [2.75, 3.05) is 39.1 Å². The molecule has 1 rings (SSSR count). The summed E-state index contributed by atoms with van der Waals surface area (Å²) >= 11 is 0. The molecule has 0 aliphatic carbocycles. The van der Waals surface area contributed by atoms with Gasteiger partial charge in [0, 0.05) is 26.3 Å². The van der Waals surface area contributed by atoms with E-state index in [4.69, 9.17) is 15.6 Å². The zero-order valence-corrected chi connectivity index (χ0v) is 11.4. The normalized spacial score (nSPS) is 10.4. The summed E-state index contributed by atoms with van der Waals surface area (Å²) in [6.45, 7) is -0.144. The van der Waals surface area contributed by atoms with Gasteiger partial charge in [0.25, 0.3) is 11.6 Å². The van der Waals surface area contributed by atoms with Crippen molar-refractivity contribution >= 4 is 17.3 Å². The molecule has 3 N–H and O–H groups in total. The SMILES string of the molecule is COCCN(CCO)C(=O)c1c(F)ccc([N+](=O)[O-])c1N. The third-order valence-electron chi connectivity index (χ3n) is 2.80. The fourth-order valence-electron chi connectivity index (χ4n) is 1.75.